The minimum atomic E-state index is -0.550. The molecule has 3 aromatic rings. The number of nitrogens with zero attached hydrogens (tertiary/aromatic N) is 1. The van der Waals surface area contributed by atoms with E-state index in [1.807, 2.05) is 35.8 Å². The minimum Gasteiger partial charge on any atom is -0.452 e. The molecule has 0 atom stereocenters. The predicted molar refractivity (Wildman–Crippen MR) is 113 cm³/mol. The zero-order chi connectivity index (χ0) is 21.1. The first-order chi connectivity index (χ1) is 14.5. The number of anilines is 1. The molecule has 1 saturated carbocycles. The molecule has 2 N–H and O–H groups in total. The number of carbonyl (C=O) groups excluding carboxylic acids is 3. The van der Waals surface area contributed by atoms with Crippen LogP contribution in [0.25, 0.3) is 10.9 Å². The van der Waals surface area contributed by atoms with Crippen molar-refractivity contribution in [3.63, 3.8) is 0 Å². The monoisotopic (exact) mass is 405 g/mol. The van der Waals surface area contributed by atoms with Crippen LogP contribution in [0.15, 0.2) is 54.7 Å². The van der Waals surface area contributed by atoms with Crippen molar-refractivity contribution < 1.29 is 19.1 Å². The van der Waals surface area contributed by atoms with Gasteiger partial charge in [-0.3, -0.25) is 9.59 Å². The van der Waals surface area contributed by atoms with Gasteiger partial charge in [0.05, 0.1) is 5.56 Å². The molecule has 2 amide bonds. The summed E-state index contributed by atoms with van der Waals surface area (Å²) in [5.41, 5.74) is 2.32. The lowest BCUT2D eigenvalue weighted by atomic mass is 10.2. The van der Waals surface area contributed by atoms with Crippen LogP contribution in [0.1, 0.15) is 40.5 Å². The Labute approximate surface area is 174 Å². The Morgan fingerprint density at radius 3 is 2.67 bits per heavy atom. The molecule has 1 fully saturated rings. The van der Waals surface area contributed by atoms with Gasteiger partial charge in [0.15, 0.2) is 6.61 Å². The maximum atomic E-state index is 12.5. The van der Waals surface area contributed by atoms with Crippen molar-refractivity contribution in [2.45, 2.75) is 32.4 Å². The molecule has 154 valence electrons. The van der Waals surface area contributed by atoms with E-state index in [0.717, 1.165) is 30.3 Å². The lowest BCUT2D eigenvalue weighted by Gasteiger charge is -2.08. The van der Waals surface area contributed by atoms with Gasteiger partial charge in [-0.2, -0.15) is 0 Å². The van der Waals surface area contributed by atoms with E-state index in [1.165, 1.54) is 0 Å². The number of aromatic nitrogens is 1. The van der Waals surface area contributed by atoms with E-state index >= 15 is 0 Å². The fourth-order valence-corrected chi connectivity index (χ4v) is 3.31. The maximum Gasteiger partial charge on any atom is 0.340 e. The lowest BCUT2D eigenvalue weighted by Crippen LogP contribution is -2.25. The number of aryl methyl sites for hydroxylation is 1. The fourth-order valence-electron chi connectivity index (χ4n) is 3.31. The van der Waals surface area contributed by atoms with Gasteiger partial charge in [-0.05, 0) is 44.0 Å². The van der Waals surface area contributed by atoms with Crippen LogP contribution in [-0.2, 0) is 16.1 Å². The summed E-state index contributed by atoms with van der Waals surface area (Å²) in [6, 6.07) is 14.5. The van der Waals surface area contributed by atoms with E-state index in [-0.39, 0.29) is 11.9 Å². The molecule has 1 aliphatic rings. The van der Waals surface area contributed by atoms with Crippen LogP contribution < -0.4 is 10.6 Å². The lowest BCUT2D eigenvalue weighted by molar-refractivity contribution is -0.119. The molecule has 0 aliphatic heterocycles. The summed E-state index contributed by atoms with van der Waals surface area (Å²) < 4.78 is 7.19. The Kier molecular flexibility index (Phi) is 5.52. The highest BCUT2D eigenvalue weighted by molar-refractivity contribution is 6.05. The molecule has 1 aromatic heterocycles. The average Bonchev–Trinajstić information content (AvgIpc) is 3.49. The highest BCUT2D eigenvalue weighted by atomic mass is 16.5. The molecule has 0 unspecified atom stereocenters. The normalized spacial score (nSPS) is 13.1. The predicted octanol–water partition coefficient (Wildman–Crippen LogP) is 3.35. The molecule has 1 heterocycles. The van der Waals surface area contributed by atoms with E-state index in [0.29, 0.717) is 16.8 Å². The van der Waals surface area contributed by atoms with Gasteiger partial charge in [0.1, 0.15) is 0 Å². The van der Waals surface area contributed by atoms with Gasteiger partial charge in [0, 0.05) is 40.9 Å². The number of ether oxygens (including phenoxy) is 1. The van der Waals surface area contributed by atoms with Crippen molar-refractivity contribution in [2.75, 3.05) is 11.9 Å². The number of fused-ring (bicyclic) bond motifs is 1. The number of hydrogen-bond donors (Lipinski definition) is 2. The summed E-state index contributed by atoms with van der Waals surface area (Å²) in [7, 11) is 0. The van der Waals surface area contributed by atoms with Crippen LogP contribution in [0, 0.1) is 0 Å². The molecule has 0 saturated heterocycles. The maximum absolute atomic E-state index is 12.5. The molecule has 2 aromatic carbocycles. The van der Waals surface area contributed by atoms with Crippen molar-refractivity contribution in [3.05, 3.63) is 65.9 Å². The molecule has 0 spiro atoms. The molecule has 0 radical (unpaired) electrons. The summed E-state index contributed by atoms with van der Waals surface area (Å²) in [5, 5.41) is 6.36. The van der Waals surface area contributed by atoms with Crippen LogP contribution >= 0.6 is 0 Å². The zero-order valence-corrected chi connectivity index (χ0v) is 16.7. The quantitative estimate of drug-likeness (QED) is 0.590. The SMILES string of the molecule is CCn1cc(C(=O)OCC(=O)Nc2cccc(C(=O)NC3CC3)c2)c2ccccc21. The first-order valence-electron chi connectivity index (χ1n) is 10.0. The second kappa shape index (κ2) is 8.41. The third kappa shape index (κ3) is 4.35. The van der Waals surface area contributed by atoms with Crippen LogP contribution in [0.5, 0.6) is 0 Å². The van der Waals surface area contributed by atoms with E-state index < -0.39 is 18.5 Å². The largest absolute Gasteiger partial charge is 0.452 e. The Bertz CT molecular complexity index is 1110. The number of hydrogen-bond acceptors (Lipinski definition) is 4. The van der Waals surface area contributed by atoms with E-state index in [1.54, 1.807) is 30.5 Å². The van der Waals surface area contributed by atoms with Crippen molar-refractivity contribution >= 4 is 34.4 Å². The fraction of sp³-hybridized carbons (Fsp3) is 0.261. The summed E-state index contributed by atoms with van der Waals surface area (Å²) in [6.45, 7) is 2.30. The molecule has 7 nitrogen and oxygen atoms in total. The molecule has 7 heteroatoms. The van der Waals surface area contributed by atoms with Gasteiger partial charge in [-0.1, -0.05) is 24.3 Å². The molecular formula is C23H23N3O4. The number of amides is 2. The van der Waals surface area contributed by atoms with Gasteiger partial charge in [0.2, 0.25) is 0 Å². The van der Waals surface area contributed by atoms with Crippen molar-refractivity contribution in [1.29, 1.82) is 0 Å². The smallest absolute Gasteiger partial charge is 0.340 e. The topological polar surface area (TPSA) is 89.4 Å². The Morgan fingerprint density at radius 2 is 1.90 bits per heavy atom. The molecule has 4 rings (SSSR count). The average molecular weight is 405 g/mol. The Morgan fingerprint density at radius 1 is 1.10 bits per heavy atom. The number of para-hydroxylation sites is 1. The third-order valence-electron chi connectivity index (χ3n) is 5.00. The van der Waals surface area contributed by atoms with Crippen LogP contribution in [0.2, 0.25) is 0 Å². The van der Waals surface area contributed by atoms with E-state index in [4.69, 9.17) is 4.74 Å². The molecule has 1 aliphatic carbocycles. The van der Waals surface area contributed by atoms with Crippen LogP contribution in [0.3, 0.4) is 0 Å². The molecular weight excluding hydrogens is 382 g/mol. The van der Waals surface area contributed by atoms with Gasteiger partial charge < -0.3 is 19.9 Å². The van der Waals surface area contributed by atoms with Crippen molar-refractivity contribution in [1.82, 2.24) is 9.88 Å². The highest BCUT2D eigenvalue weighted by Gasteiger charge is 2.24. The number of esters is 1. The second-order valence-corrected chi connectivity index (χ2v) is 7.30. The van der Waals surface area contributed by atoms with Crippen molar-refractivity contribution in [3.8, 4) is 0 Å². The van der Waals surface area contributed by atoms with Crippen LogP contribution in [0.4, 0.5) is 5.69 Å². The van der Waals surface area contributed by atoms with Gasteiger partial charge >= 0.3 is 5.97 Å². The third-order valence-corrected chi connectivity index (χ3v) is 5.00. The van der Waals surface area contributed by atoms with Gasteiger partial charge in [-0.15, -0.1) is 0 Å². The first-order valence-corrected chi connectivity index (χ1v) is 10.0. The standard InChI is InChI=1S/C23H23N3O4/c1-2-26-13-19(18-8-3-4-9-20(18)26)23(29)30-14-21(27)24-17-7-5-6-15(12-17)22(28)25-16-10-11-16/h3-9,12-13,16H,2,10-11,14H2,1H3,(H,24,27)(H,25,28). The highest BCUT2D eigenvalue weighted by Crippen LogP contribution is 2.22. The number of rotatable bonds is 7. The van der Waals surface area contributed by atoms with E-state index in [9.17, 15) is 14.4 Å². The minimum absolute atomic E-state index is 0.160. The number of carbonyl (C=O) groups is 3. The van der Waals surface area contributed by atoms with Crippen molar-refractivity contribution in [2.24, 2.45) is 0 Å². The van der Waals surface area contributed by atoms with E-state index in [2.05, 4.69) is 10.6 Å². The Hall–Kier alpha value is -3.61. The second-order valence-electron chi connectivity index (χ2n) is 7.30. The first kappa shape index (κ1) is 19.7. The van der Waals surface area contributed by atoms with Gasteiger partial charge in [0.25, 0.3) is 11.8 Å². The summed E-state index contributed by atoms with van der Waals surface area (Å²) >= 11 is 0. The summed E-state index contributed by atoms with van der Waals surface area (Å²) in [6.07, 6.45) is 3.75. The Balaban J connectivity index is 1.37. The summed E-state index contributed by atoms with van der Waals surface area (Å²) in [5.74, 6) is -1.18. The summed E-state index contributed by atoms with van der Waals surface area (Å²) in [4.78, 5) is 36.9. The molecule has 30 heavy (non-hydrogen) atoms. The number of nitrogens with one attached hydrogen (secondary N) is 2. The number of benzene rings is 2. The van der Waals surface area contributed by atoms with Crippen LogP contribution in [-0.4, -0.2) is 35.0 Å². The molecule has 0 bridgehead atoms. The van der Waals surface area contributed by atoms with Gasteiger partial charge in [-0.25, -0.2) is 4.79 Å². The zero-order valence-electron chi connectivity index (χ0n) is 16.7.